The van der Waals surface area contributed by atoms with Crippen LogP contribution in [0.5, 0.6) is 5.75 Å². The van der Waals surface area contributed by atoms with Crippen LogP contribution in [0.15, 0.2) is 42.6 Å². The predicted octanol–water partition coefficient (Wildman–Crippen LogP) is 5.31. The van der Waals surface area contributed by atoms with Crippen molar-refractivity contribution in [1.29, 1.82) is 5.41 Å². The van der Waals surface area contributed by atoms with Crippen LogP contribution in [0.3, 0.4) is 0 Å². The van der Waals surface area contributed by atoms with Gasteiger partial charge in [0.1, 0.15) is 11.6 Å². The lowest BCUT2D eigenvalue weighted by Gasteiger charge is -2.17. The van der Waals surface area contributed by atoms with Crippen molar-refractivity contribution in [2.24, 2.45) is 5.73 Å². The van der Waals surface area contributed by atoms with Crippen molar-refractivity contribution in [3.8, 4) is 5.75 Å². The average molecular weight is 543 g/mol. The number of benzene rings is 1. The second kappa shape index (κ2) is 16.8. The highest BCUT2D eigenvalue weighted by atomic mass is 35.5. The molecule has 2 aromatic heterocycles. The van der Waals surface area contributed by atoms with Crippen LogP contribution in [0, 0.1) is 5.41 Å². The normalized spacial score (nSPS) is 11.0. The minimum atomic E-state index is 0. The lowest BCUT2D eigenvalue weighted by Crippen LogP contribution is -2.30. The van der Waals surface area contributed by atoms with Crippen molar-refractivity contribution >= 4 is 72.1 Å². The SMILES string of the molecule is COc1ccc2nc(C=Cc3ccccn3)nc(NC(C)CCCCCNC(=N)N)c2c1.Cl.Cl.Cl. The molecule has 1 atom stereocenters. The highest BCUT2D eigenvalue weighted by Crippen LogP contribution is 2.26. The summed E-state index contributed by atoms with van der Waals surface area (Å²) >= 11 is 0. The number of nitrogens with zero attached hydrogens (tertiary/aromatic N) is 3. The van der Waals surface area contributed by atoms with Crippen molar-refractivity contribution in [3.05, 3.63) is 54.1 Å². The highest BCUT2D eigenvalue weighted by molar-refractivity contribution is 5.91. The van der Waals surface area contributed by atoms with Crippen LogP contribution in [-0.4, -0.2) is 40.6 Å². The molecule has 0 fully saturated rings. The molecule has 0 aliphatic rings. The minimum Gasteiger partial charge on any atom is -0.497 e. The Morgan fingerprint density at radius 2 is 1.89 bits per heavy atom. The van der Waals surface area contributed by atoms with Gasteiger partial charge in [-0.3, -0.25) is 10.4 Å². The van der Waals surface area contributed by atoms with Crippen molar-refractivity contribution < 1.29 is 4.74 Å². The zero-order valence-corrected chi connectivity index (χ0v) is 22.3. The molecule has 8 nitrogen and oxygen atoms in total. The first-order chi connectivity index (χ1) is 15.5. The Morgan fingerprint density at radius 3 is 2.57 bits per heavy atom. The first kappa shape index (κ1) is 32.2. The Labute approximate surface area is 225 Å². The topological polar surface area (TPSA) is 122 Å². The summed E-state index contributed by atoms with van der Waals surface area (Å²) in [5, 5.41) is 14.5. The number of pyridine rings is 1. The molecule has 1 unspecified atom stereocenters. The summed E-state index contributed by atoms with van der Waals surface area (Å²) in [7, 11) is 1.66. The summed E-state index contributed by atoms with van der Waals surface area (Å²) in [5.74, 6) is 2.21. The maximum atomic E-state index is 7.19. The molecule has 0 spiro atoms. The summed E-state index contributed by atoms with van der Waals surface area (Å²) in [6.45, 7) is 2.89. The Kier molecular flexibility index (Phi) is 15.4. The van der Waals surface area contributed by atoms with E-state index in [2.05, 4.69) is 27.5 Å². The van der Waals surface area contributed by atoms with Gasteiger partial charge >= 0.3 is 0 Å². The van der Waals surface area contributed by atoms with Crippen molar-refractivity contribution in [1.82, 2.24) is 20.3 Å². The number of methoxy groups -OCH3 is 1. The number of hydrogen-bond acceptors (Lipinski definition) is 6. The Morgan fingerprint density at radius 1 is 1.09 bits per heavy atom. The van der Waals surface area contributed by atoms with Gasteiger partial charge in [-0.25, -0.2) is 9.97 Å². The molecule has 192 valence electrons. The van der Waals surface area contributed by atoms with Gasteiger partial charge in [0.2, 0.25) is 0 Å². The van der Waals surface area contributed by atoms with Crippen LogP contribution in [0.25, 0.3) is 23.1 Å². The largest absolute Gasteiger partial charge is 0.497 e. The number of fused-ring (bicyclic) bond motifs is 1. The average Bonchev–Trinajstić information content (AvgIpc) is 2.80. The Bertz CT molecular complexity index is 1070. The van der Waals surface area contributed by atoms with Gasteiger partial charge in [0.05, 0.1) is 18.3 Å². The number of nitrogens with two attached hydrogens (primary N) is 1. The highest BCUT2D eigenvalue weighted by Gasteiger charge is 2.11. The number of aromatic nitrogens is 3. The minimum absolute atomic E-state index is 0. The van der Waals surface area contributed by atoms with Crippen LogP contribution in [-0.2, 0) is 0 Å². The van der Waals surface area contributed by atoms with E-state index in [-0.39, 0.29) is 49.2 Å². The zero-order valence-electron chi connectivity index (χ0n) is 19.9. The molecule has 1 aromatic carbocycles. The third kappa shape index (κ3) is 10.5. The molecule has 3 aromatic rings. The van der Waals surface area contributed by atoms with E-state index in [0.717, 1.165) is 60.4 Å². The van der Waals surface area contributed by atoms with Crippen LogP contribution in [0.1, 0.15) is 44.1 Å². The lowest BCUT2D eigenvalue weighted by atomic mass is 10.1. The standard InChI is InChI=1S/C24H31N7O.3ClH/c1-17(8-4-3-6-15-28-24(25)26)29-23-20-16-19(32-2)11-12-21(20)30-22(31-23)13-10-18-9-5-7-14-27-18;;;/h5,7,9-14,16-17H,3-4,6,8,15H2,1-2H3,(H4,25,26,28)(H,29,30,31);3*1H. The van der Waals surface area contributed by atoms with Crippen LogP contribution >= 0.6 is 37.2 Å². The summed E-state index contributed by atoms with van der Waals surface area (Å²) < 4.78 is 5.40. The number of ether oxygens (including phenoxy) is 1. The van der Waals surface area contributed by atoms with Gasteiger partial charge in [-0.2, -0.15) is 0 Å². The third-order valence-corrected chi connectivity index (χ3v) is 5.02. The molecular weight excluding hydrogens is 509 g/mol. The molecule has 3 rings (SSSR count). The van der Waals surface area contributed by atoms with E-state index in [4.69, 9.17) is 20.9 Å². The molecule has 0 radical (unpaired) electrons. The number of guanidine groups is 1. The Hall–Kier alpha value is -2.81. The summed E-state index contributed by atoms with van der Waals surface area (Å²) in [6.07, 6.45) is 9.70. The van der Waals surface area contributed by atoms with Gasteiger partial charge in [0, 0.05) is 24.2 Å². The van der Waals surface area contributed by atoms with E-state index in [1.165, 1.54) is 0 Å². The van der Waals surface area contributed by atoms with Gasteiger partial charge in [0.15, 0.2) is 11.8 Å². The van der Waals surface area contributed by atoms with E-state index in [1.54, 1.807) is 13.3 Å². The molecule has 0 saturated heterocycles. The van der Waals surface area contributed by atoms with Gasteiger partial charge in [-0.1, -0.05) is 18.9 Å². The van der Waals surface area contributed by atoms with E-state index in [9.17, 15) is 0 Å². The van der Waals surface area contributed by atoms with Crippen LogP contribution < -0.4 is 21.1 Å². The van der Waals surface area contributed by atoms with Crippen LogP contribution in [0.2, 0.25) is 0 Å². The predicted molar refractivity (Wildman–Crippen MR) is 152 cm³/mol. The second-order valence-electron chi connectivity index (χ2n) is 7.64. The molecule has 0 amide bonds. The smallest absolute Gasteiger partial charge is 0.185 e. The van der Waals surface area contributed by atoms with E-state index in [0.29, 0.717) is 5.82 Å². The van der Waals surface area contributed by atoms with Gasteiger partial charge < -0.3 is 21.1 Å². The molecule has 0 saturated carbocycles. The lowest BCUT2D eigenvalue weighted by molar-refractivity contribution is 0.415. The molecular formula is C24H34Cl3N7O. The monoisotopic (exact) mass is 541 g/mol. The fraction of sp³-hybridized carbons (Fsp3) is 0.333. The summed E-state index contributed by atoms with van der Waals surface area (Å²) in [5.41, 5.74) is 7.01. The maximum Gasteiger partial charge on any atom is 0.185 e. The van der Waals surface area contributed by atoms with E-state index < -0.39 is 0 Å². The quantitative estimate of drug-likeness (QED) is 0.147. The van der Waals surface area contributed by atoms with Gasteiger partial charge in [-0.15, -0.1) is 37.2 Å². The number of halogens is 3. The summed E-state index contributed by atoms with van der Waals surface area (Å²) in [6, 6.07) is 11.8. The van der Waals surface area contributed by atoms with Gasteiger partial charge in [0.25, 0.3) is 0 Å². The second-order valence-corrected chi connectivity index (χ2v) is 7.64. The summed E-state index contributed by atoms with van der Waals surface area (Å²) in [4.78, 5) is 13.8. The first-order valence-electron chi connectivity index (χ1n) is 10.8. The number of rotatable bonds is 11. The fourth-order valence-electron chi connectivity index (χ4n) is 3.35. The maximum absolute atomic E-state index is 7.19. The van der Waals surface area contributed by atoms with Crippen molar-refractivity contribution in [2.75, 3.05) is 19.0 Å². The number of hydrogen-bond donors (Lipinski definition) is 4. The molecule has 2 heterocycles. The fourth-order valence-corrected chi connectivity index (χ4v) is 3.35. The van der Waals surface area contributed by atoms with Crippen LogP contribution in [0.4, 0.5) is 5.82 Å². The molecule has 0 aliphatic heterocycles. The first-order valence-corrected chi connectivity index (χ1v) is 10.8. The van der Waals surface area contributed by atoms with E-state index >= 15 is 0 Å². The van der Waals surface area contributed by atoms with Crippen molar-refractivity contribution in [3.63, 3.8) is 0 Å². The molecule has 0 aliphatic carbocycles. The molecule has 0 bridgehead atoms. The van der Waals surface area contributed by atoms with Crippen molar-refractivity contribution in [2.45, 2.75) is 38.6 Å². The molecule has 5 N–H and O–H groups in total. The number of nitrogens with one attached hydrogen (secondary N) is 3. The zero-order chi connectivity index (χ0) is 22.8. The van der Waals surface area contributed by atoms with E-state index in [1.807, 2.05) is 48.6 Å². The third-order valence-electron chi connectivity index (χ3n) is 5.02. The van der Waals surface area contributed by atoms with Gasteiger partial charge in [-0.05, 0) is 62.2 Å². The number of anilines is 1. The number of unbranched alkanes of at least 4 members (excludes halogenated alkanes) is 2. The molecule has 11 heteroatoms. The molecule has 35 heavy (non-hydrogen) atoms. The Balaban J connectivity index is 0.00000385.